The minimum absolute atomic E-state index is 0.0622. The molecule has 2 heterocycles. The summed E-state index contributed by atoms with van der Waals surface area (Å²) in [5, 5.41) is 19.2. The summed E-state index contributed by atoms with van der Waals surface area (Å²) >= 11 is 1.22. The number of carbonyl (C=O) groups excluding carboxylic acids is 1. The smallest absolute Gasteiger partial charge is 0.326 e. The summed E-state index contributed by atoms with van der Waals surface area (Å²) in [6, 6.07) is -0.945. The first-order chi connectivity index (χ1) is 7.99. The summed E-state index contributed by atoms with van der Waals surface area (Å²) in [7, 11) is 0. The summed E-state index contributed by atoms with van der Waals surface area (Å²) < 4.78 is 0. The summed E-state index contributed by atoms with van der Waals surface area (Å²) in [6.45, 7) is 1.84. The summed E-state index contributed by atoms with van der Waals surface area (Å²) in [5.41, 5.74) is 0. The molecule has 0 bridgehead atoms. The van der Waals surface area contributed by atoms with Crippen molar-refractivity contribution in [2.45, 2.75) is 25.5 Å². The lowest BCUT2D eigenvalue weighted by Crippen LogP contribution is -2.40. The van der Waals surface area contributed by atoms with Crippen LogP contribution in [0.25, 0.3) is 0 Å². The standard InChI is InChI=1S/C10H12N2O4S/c1-5-11-3-8(17-5)9(14)12-4-6(13)2-7(12)10(15)16/h3,6-7,13H,2,4H2,1H3,(H,15,16)/t6-,7+/m1/s1. The molecule has 1 aromatic heterocycles. The first kappa shape index (κ1) is 12.0. The van der Waals surface area contributed by atoms with Crippen LogP contribution in [0.5, 0.6) is 0 Å². The number of likely N-dealkylation sites (tertiary alicyclic amines) is 1. The molecule has 0 radical (unpaired) electrons. The number of aliphatic carboxylic acids is 1. The van der Waals surface area contributed by atoms with Crippen LogP contribution < -0.4 is 0 Å². The fraction of sp³-hybridized carbons (Fsp3) is 0.500. The molecule has 2 atom stereocenters. The second-order valence-electron chi connectivity index (χ2n) is 3.94. The van der Waals surface area contributed by atoms with E-state index >= 15 is 0 Å². The number of β-amino-alcohol motifs (C(OH)–C–C–N with tert-alkyl or cyclic N) is 1. The van der Waals surface area contributed by atoms with Crippen LogP contribution in [0.3, 0.4) is 0 Å². The molecule has 2 N–H and O–H groups in total. The van der Waals surface area contributed by atoms with E-state index in [9.17, 15) is 14.7 Å². The maximum Gasteiger partial charge on any atom is 0.326 e. The van der Waals surface area contributed by atoms with Crippen LogP contribution in [-0.4, -0.2) is 50.7 Å². The van der Waals surface area contributed by atoms with Gasteiger partial charge in [-0.3, -0.25) is 4.79 Å². The molecule has 92 valence electrons. The van der Waals surface area contributed by atoms with Gasteiger partial charge in [0.25, 0.3) is 5.91 Å². The highest BCUT2D eigenvalue weighted by Crippen LogP contribution is 2.23. The van der Waals surface area contributed by atoms with E-state index in [1.54, 1.807) is 6.92 Å². The molecule has 0 spiro atoms. The molecule has 1 saturated heterocycles. The van der Waals surface area contributed by atoms with Crippen LogP contribution in [0.4, 0.5) is 0 Å². The molecule has 1 fully saturated rings. The van der Waals surface area contributed by atoms with Crippen molar-refractivity contribution in [2.24, 2.45) is 0 Å². The molecule has 0 aliphatic carbocycles. The maximum atomic E-state index is 12.0. The number of nitrogens with zero attached hydrogens (tertiary/aromatic N) is 2. The quantitative estimate of drug-likeness (QED) is 0.783. The number of carbonyl (C=O) groups is 2. The highest BCUT2D eigenvalue weighted by Gasteiger charge is 2.39. The normalized spacial score (nSPS) is 24.0. The summed E-state index contributed by atoms with van der Waals surface area (Å²) in [4.78, 5) is 28.6. The number of carboxylic acids is 1. The van der Waals surface area contributed by atoms with Crippen molar-refractivity contribution in [3.63, 3.8) is 0 Å². The van der Waals surface area contributed by atoms with Crippen molar-refractivity contribution in [3.05, 3.63) is 16.1 Å². The number of aromatic nitrogens is 1. The monoisotopic (exact) mass is 256 g/mol. The SMILES string of the molecule is Cc1ncc(C(=O)N2C[C@H](O)C[C@H]2C(=O)O)s1. The van der Waals surface area contributed by atoms with Crippen LogP contribution in [0.15, 0.2) is 6.20 Å². The Balaban J connectivity index is 2.21. The number of rotatable bonds is 2. The van der Waals surface area contributed by atoms with Gasteiger partial charge in [0, 0.05) is 13.0 Å². The molecule has 1 aliphatic heterocycles. The number of aliphatic hydroxyl groups is 1. The molecule has 7 heteroatoms. The van der Waals surface area contributed by atoms with Gasteiger partial charge in [-0.15, -0.1) is 11.3 Å². The minimum Gasteiger partial charge on any atom is -0.480 e. The topological polar surface area (TPSA) is 90.7 Å². The second kappa shape index (κ2) is 4.42. The van der Waals surface area contributed by atoms with Gasteiger partial charge in [0.1, 0.15) is 10.9 Å². The van der Waals surface area contributed by atoms with Crippen LogP contribution in [-0.2, 0) is 4.79 Å². The highest BCUT2D eigenvalue weighted by molar-refractivity contribution is 7.13. The van der Waals surface area contributed by atoms with E-state index in [0.29, 0.717) is 4.88 Å². The first-order valence-electron chi connectivity index (χ1n) is 5.13. The second-order valence-corrected chi connectivity index (χ2v) is 5.18. The average molecular weight is 256 g/mol. The van der Waals surface area contributed by atoms with E-state index in [0.717, 1.165) is 5.01 Å². The van der Waals surface area contributed by atoms with Gasteiger partial charge in [-0.2, -0.15) is 0 Å². The Morgan fingerprint density at radius 3 is 2.82 bits per heavy atom. The predicted molar refractivity (Wildman–Crippen MR) is 59.9 cm³/mol. The van der Waals surface area contributed by atoms with Crippen LogP contribution >= 0.6 is 11.3 Å². The number of hydrogen-bond acceptors (Lipinski definition) is 5. The molecular weight excluding hydrogens is 244 g/mol. The van der Waals surface area contributed by atoms with Crippen LogP contribution in [0.2, 0.25) is 0 Å². The van der Waals surface area contributed by atoms with Gasteiger partial charge in [-0.25, -0.2) is 9.78 Å². The van der Waals surface area contributed by atoms with Gasteiger partial charge in [-0.1, -0.05) is 0 Å². The average Bonchev–Trinajstić information content (AvgIpc) is 2.83. The lowest BCUT2D eigenvalue weighted by atomic mass is 10.2. The zero-order valence-electron chi connectivity index (χ0n) is 9.16. The highest BCUT2D eigenvalue weighted by atomic mass is 32.1. The Morgan fingerprint density at radius 1 is 1.59 bits per heavy atom. The van der Waals surface area contributed by atoms with Gasteiger partial charge in [0.15, 0.2) is 0 Å². The van der Waals surface area contributed by atoms with Gasteiger partial charge in [-0.05, 0) is 6.92 Å². The summed E-state index contributed by atoms with van der Waals surface area (Å²) in [5.74, 6) is -1.46. The zero-order valence-corrected chi connectivity index (χ0v) is 9.98. The zero-order chi connectivity index (χ0) is 12.6. The van der Waals surface area contributed by atoms with Gasteiger partial charge in [0.05, 0.1) is 17.3 Å². The van der Waals surface area contributed by atoms with E-state index < -0.39 is 18.1 Å². The van der Waals surface area contributed by atoms with Crippen LogP contribution in [0.1, 0.15) is 21.1 Å². The maximum absolute atomic E-state index is 12.0. The predicted octanol–water partition coefficient (Wildman–Crippen LogP) is 0.112. The lowest BCUT2D eigenvalue weighted by molar-refractivity contribution is -0.141. The molecule has 2 rings (SSSR count). The van der Waals surface area contributed by atoms with Crippen molar-refractivity contribution < 1.29 is 19.8 Å². The fourth-order valence-corrected chi connectivity index (χ4v) is 2.61. The molecule has 6 nitrogen and oxygen atoms in total. The molecule has 1 aliphatic rings. The molecule has 0 unspecified atom stereocenters. The van der Waals surface area contributed by atoms with E-state index in [-0.39, 0.29) is 18.9 Å². The number of aryl methyl sites for hydroxylation is 1. The molecule has 1 amide bonds. The van der Waals surface area contributed by atoms with Gasteiger partial charge < -0.3 is 15.1 Å². The number of aliphatic hydroxyl groups excluding tert-OH is 1. The van der Waals surface area contributed by atoms with E-state index in [1.807, 2.05) is 0 Å². The lowest BCUT2D eigenvalue weighted by Gasteiger charge is -2.19. The van der Waals surface area contributed by atoms with E-state index in [1.165, 1.54) is 22.4 Å². The first-order valence-corrected chi connectivity index (χ1v) is 5.95. The third-order valence-electron chi connectivity index (χ3n) is 2.66. The Hall–Kier alpha value is -1.47. The number of thiazole rings is 1. The number of amides is 1. The Bertz CT molecular complexity index is 459. The van der Waals surface area contributed by atoms with E-state index in [4.69, 9.17) is 5.11 Å². The van der Waals surface area contributed by atoms with Gasteiger partial charge in [0.2, 0.25) is 0 Å². The van der Waals surface area contributed by atoms with Crippen LogP contribution in [0, 0.1) is 6.92 Å². The molecule has 0 saturated carbocycles. The Labute approximate surface area is 102 Å². The molecule has 17 heavy (non-hydrogen) atoms. The van der Waals surface area contributed by atoms with Crippen molar-refractivity contribution in [1.29, 1.82) is 0 Å². The fourth-order valence-electron chi connectivity index (χ4n) is 1.87. The van der Waals surface area contributed by atoms with E-state index in [2.05, 4.69) is 4.98 Å². The molecular formula is C10H12N2O4S. The third kappa shape index (κ3) is 2.29. The van der Waals surface area contributed by atoms with Crippen molar-refractivity contribution in [1.82, 2.24) is 9.88 Å². The van der Waals surface area contributed by atoms with Crippen molar-refractivity contribution in [3.8, 4) is 0 Å². The Kier molecular flexibility index (Phi) is 3.12. The van der Waals surface area contributed by atoms with Gasteiger partial charge >= 0.3 is 5.97 Å². The van der Waals surface area contributed by atoms with Crippen molar-refractivity contribution >= 4 is 23.2 Å². The molecule has 1 aromatic rings. The number of hydrogen-bond donors (Lipinski definition) is 2. The minimum atomic E-state index is -1.09. The third-order valence-corrected chi connectivity index (χ3v) is 3.56. The Morgan fingerprint density at radius 2 is 2.29 bits per heavy atom. The molecule has 0 aromatic carbocycles. The largest absolute Gasteiger partial charge is 0.480 e. The summed E-state index contributed by atoms with van der Waals surface area (Å²) in [6.07, 6.45) is 0.749. The number of carboxylic acid groups (broad SMARTS) is 1. The van der Waals surface area contributed by atoms with Crippen molar-refractivity contribution in [2.75, 3.05) is 6.54 Å².